The van der Waals surface area contributed by atoms with E-state index in [1.54, 1.807) is 0 Å². The Balaban J connectivity index is 5.05. The number of allylic oxidation sites excluding steroid dienone is 9. The van der Waals surface area contributed by atoms with E-state index in [-0.39, 0.29) is 25.1 Å². The number of rotatable bonds is 62. The van der Waals surface area contributed by atoms with Gasteiger partial charge in [-0.1, -0.05) is 294 Å². The minimum Gasteiger partial charge on any atom is -0.456 e. The second-order valence-electron chi connectivity index (χ2n) is 24.4. The molecule has 2 N–H and O–H groups in total. The number of unbranched alkanes of at least 4 members (excludes halogenated alkanes) is 38. The van der Waals surface area contributed by atoms with Crippen molar-refractivity contribution in [3.8, 4) is 0 Å². The highest BCUT2D eigenvalue weighted by molar-refractivity contribution is 7.47. The van der Waals surface area contributed by atoms with Crippen molar-refractivity contribution < 1.29 is 37.3 Å². The van der Waals surface area contributed by atoms with E-state index in [1.165, 1.54) is 212 Å². The van der Waals surface area contributed by atoms with Gasteiger partial charge >= 0.3 is 13.8 Å². The van der Waals surface area contributed by atoms with Crippen LogP contribution in [0.1, 0.15) is 323 Å². The molecule has 0 heterocycles. The van der Waals surface area contributed by atoms with Gasteiger partial charge in [0.2, 0.25) is 5.91 Å². The van der Waals surface area contributed by atoms with Crippen molar-refractivity contribution in [3.05, 3.63) is 60.8 Å². The average molecular weight is 1140 g/mol. The first-order valence-electron chi connectivity index (χ1n) is 34.1. The zero-order valence-electron chi connectivity index (χ0n) is 53.6. The third-order valence-corrected chi connectivity index (χ3v) is 16.2. The molecule has 3 unspecified atom stereocenters. The molecule has 0 aliphatic rings. The fraction of sp³-hybridized carbons (Fsp3) is 0.829. The summed E-state index contributed by atoms with van der Waals surface area (Å²) in [5.74, 6) is -0.496. The van der Waals surface area contributed by atoms with Crippen LogP contribution in [0, 0.1) is 0 Å². The normalized spacial score (nSPS) is 13.9. The molecule has 0 aliphatic carbocycles. The summed E-state index contributed by atoms with van der Waals surface area (Å²) < 4.78 is 30.8. The molecule has 1 amide bonds. The number of quaternary nitrogens is 1. The number of ether oxygens (including phenoxy) is 1. The van der Waals surface area contributed by atoms with Gasteiger partial charge in [0, 0.05) is 12.8 Å². The van der Waals surface area contributed by atoms with E-state index < -0.39 is 20.0 Å². The van der Waals surface area contributed by atoms with Gasteiger partial charge in [-0.3, -0.25) is 18.6 Å². The summed E-state index contributed by atoms with van der Waals surface area (Å²) in [5.41, 5.74) is 0. The van der Waals surface area contributed by atoms with Gasteiger partial charge in [0.25, 0.3) is 0 Å². The number of likely N-dealkylation sites (N-methyl/N-ethyl adjacent to an activating group) is 1. The third kappa shape index (κ3) is 60.3. The number of phosphoric acid groups is 1. The van der Waals surface area contributed by atoms with E-state index in [2.05, 4.69) is 74.7 Å². The smallest absolute Gasteiger partial charge is 0.456 e. The van der Waals surface area contributed by atoms with Crippen LogP contribution in [0.25, 0.3) is 0 Å². The van der Waals surface area contributed by atoms with Crippen molar-refractivity contribution in [2.24, 2.45) is 0 Å². The molecule has 0 aromatic heterocycles. The molecule has 10 heteroatoms. The molecule has 0 fully saturated rings. The number of nitrogens with zero attached hydrogens (tertiary/aromatic N) is 1. The van der Waals surface area contributed by atoms with Crippen molar-refractivity contribution in [2.45, 2.75) is 335 Å². The van der Waals surface area contributed by atoms with E-state index in [9.17, 15) is 19.0 Å². The van der Waals surface area contributed by atoms with Gasteiger partial charge in [-0.2, -0.15) is 0 Å². The van der Waals surface area contributed by atoms with Crippen LogP contribution in [0.4, 0.5) is 0 Å². The molecule has 0 bridgehead atoms. The molecule has 0 saturated heterocycles. The monoisotopic (exact) mass is 1140 g/mol. The van der Waals surface area contributed by atoms with Gasteiger partial charge in [0.1, 0.15) is 19.3 Å². The lowest BCUT2D eigenvalue weighted by atomic mass is 10.0. The summed E-state index contributed by atoms with van der Waals surface area (Å²) in [6.07, 6.45) is 76.5. The zero-order valence-corrected chi connectivity index (χ0v) is 54.5. The third-order valence-electron chi connectivity index (χ3n) is 15.2. The number of hydrogen-bond donors (Lipinski definition) is 2. The van der Waals surface area contributed by atoms with Crippen LogP contribution in [0.3, 0.4) is 0 Å². The molecule has 0 spiro atoms. The van der Waals surface area contributed by atoms with E-state index in [1.807, 2.05) is 33.3 Å². The van der Waals surface area contributed by atoms with Crippen LogP contribution < -0.4 is 5.32 Å². The lowest BCUT2D eigenvalue weighted by Crippen LogP contribution is -2.47. The molecule has 468 valence electrons. The summed E-state index contributed by atoms with van der Waals surface area (Å²) in [5, 5.41) is 3.07. The van der Waals surface area contributed by atoms with Crippen LogP contribution >= 0.6 is 7.82 Å². The Bertz CT molecular complexity index is 1550. The second kappa shape index (κ2) is 59.9. The molecular weight excluding hydrogens is 1010 g/mol. The Kier molecular flexibility index (Phi) is 58.1. The largest absolute Gasteiger partial charge is 0.472 e. The van der Waals surface area contributed by atoms with Gasteiger partial charge in [0.15, 0.2) is 0 Å². The van der Waals surface area contributed by atoms with Gasteiger partial charge in [-0.05, 0) is 76.7 Å². The Morgan fingerprint density at radius 3 is 1.16 bits per heavy atom. The second-order valence-corrected chi connectivity index (χ2v) is 25.8. The van der Waals surface area contributed by atoms with Crippen LogP contribution in [0.5, 0.6) is 0 Å². The van der Waals surface area contributed by atoms with E-state index >= 15 is 0 Å². The number of carbonyl (C=O) groups excluding carboxylic acids is 2. The molecule has 0 rings (SSSR count). The number of esters is 1. The Morgan fingerprint density at radius 2 is 0.762 bits per heavy atom. The minimum absolute atomic E-state index is 0.0402. The van der Waals surface area contributed by atoms with Crippen LogP contribution in [0.15, 0.2) is 60.8 Å². The van der Waals surface area contributed by atoms with Crippen molar-refractivity contribution in [1.29, 1.82) is 0 Å². The SMILES string of the molecule is CCCCC/C=C\C/C=C\C/C=C\C/C=C\CCCCCCCCCCCCCC(=O)NC(COP(=O)(O)OCC[N+](C)(C)C)C(/C=C\CCCCCCCCCCCC)OC(=O)CCCCCCCCCCCCCCCCC. The lowest BCUT2D eigenvalue weighted by molar-refractivity contribution is -0.870. The van der Waals surface area contributed by atoms with Gasteiger partial charge in [-0.15, -0.1) is 0 Å². The first-order chi connectivity index (χ1) is 38.9. The number of nitrogens with one attached hydrogen (secondary N) is 1. The van der Waals surface area contributed by atoms with Crippen LogP contribution in [0.2, 0.25) is 0 Å². The standard InChI is InChI=1S/C70H131N2O7P/c1-7-10-13-16-19-22-25-28-30-31-32-33-34-35-36-37-38-39-40-41-43-44-47-50-53-56-59-62-69(73)71-67(66-78-80(75,76)77-65-64-72(4,5)6)68(61-58-55-52-49-46-27-24-21-18-15-12-9-3)79-70(74)63-60-57-54-51-48-45-42-29-26-23-20-17-14-11-8-2/h19,22,28,30,32-33,35-36,58,61,67-68H,7-18,20-21,23-27,29,31,34,37-57,59-60,62-66H2,1-6H3,(H-,71,73,75,76)/p+1/b22-19-,30-28-,33-32-,36-35-,61-58-. The number of amides is 1. The fourth-order valence-corrected chi connectivity index (χ4v) is 10.7. The molecule has 0 saturated carbocycles. The van der Waals surface area contributed by atoms with E-state index in [0.717, 1.165) is 77.0 Å². The topological polar surface area (TPSA) is 111 Å². The molecule has 0 aromatic carbocycles. The Hall–Kier alpha value is -2.29. The van der Waals surface area contributed by atoms with E-state index in [0.29, 0.717) is 23.9 Å². The van der Waals surface area contributed by atoms with Crippen molar-refractivity contribution >= 4 is 19.7 Å². The molecule has 0 radical (unpaired) electrons. The first-order valence-corrected chi connectivity index (χ1v) is 35.6. The quantitative estimate of drug-likeness (QED) is 0.0205. The zero-order chi connectivity index (χ0) is 58.6. The number of phosphoric ester groups is 1. The maximum absolute atomic E-state index is 13.6. The molecular formula is C70H132N2O7P+. The molecule has 3 atom stereocenters. The summed E-state index contributed by atoms with van der Waals surface area (Å²) in [4.78, 5) is 37.8. The maximum atomic E-state index is 13.6. The molecule has 0 aliphatic heterocycles. The summed E-state index contributed by atoms with van der Waals surface area (Å²) >= 11 is 0. The molecule has 9 nitrogen and oxygen atoms in total. The van der Waals surface area contributed by atoms with Crippen molar-refractivity contribution in [3.63, 3.8) is 0 Å². The Morgan fingerprint density at radius 1 is 0.438 bits per heavy atom. The number of carbonyl (C=O) groups is 2. The van der Waals surface area contributed by atoms with Crippen LogP contribution in [-0.4, -0.2) is 74.3 Å². The highest BCUT2D eigenvalue weighted by Gasteiger charge is 2.30. The fourth-order valence-electron chi connectivity index (χ4n) is 9.93. The van der Waals surface area contributed by atoms with E-state index in [4.69, 9.17) is 13.8 Å². The van der Waals surface area contributed by atoms with Crippen molar-refractivity contribution in [2.75, 3.05) is 40.9 Å². The highest BCUT2D eigenvalue weighted by atomic mass is 31.2. The molecule has 80 heavy (non-hydrogen) atoms. The Labute approximate surface area is 496 Å². The minimum atomic E-state index is -4.45. The predicted octanol–water partition coefficient (Wildman–Crippen LogP) is 21.4. The first kappa shape index (κ1) is 77.7. The van der Waals surface area contributed by atoms with Gasteiger partial charge < -0.3 is 19.4 Å². The van der Waals surface area contributed by atoms with Gasteiger partial charge in [0.05, 0.1) is 33.8 Å². The molecule has 0 aromatic rings. The summed E-state index contributed by atoms with van der Waals surface area (Å²) in [6, 6.07) is -0.849. The highest BCUT2D eigenvalue weighted by Crippen LogP contribution is 2.43. The summed E-state index contributed by atoms with van der Waals surface area (Å²) in [6.45, 7) is 7.02. The average Bonchev–Trinajstić information content (AvgIpc) is 3.42. The van der Waals surface area contributed by atoms with Crippen molar-refractivity contribution in [1.82, 2.24) is 5.32 Å². The van der Waals surface area contributed by atoms with Crippen LogP contribution in [-0.2, 0) is 27.9 Å². The lowest BCUT2D eigenvalue weighted by Gasteiger charge is -2.27. The van der Waals surface area contributed by atoms with Gasteiger partial charge in [-0.25, -0.2) is 4.57 Å². The number of hydrogen-bond acceptors (Lipinski definition) is 6. The predicted molar refractivity (Wildman–Crippen MR) is 346 cm³/mol. The maximum Gasteiger partial charge on any atom is 0.472 e. The summed E-state index contributed by atoms with van der Waals surface area (Å²) in [7, 11) is 1.50.